The van der Waals surface area contributed by atoms with Gasteiger partial charge in [-0.3, -0.25) is 9.59 Å². The zero-order valence-corrected chi connectivity index (χ0v) is 17.5. The predicted octanol–water partition coefficient (Wildman–Crippen LogP) is 2.08. The molecule has 1 aliphatic heterocycles. The van der Waals surface area contributed by atoms with Gasteiger partial charge in [-0.25, -0.2) is 0 Å². The first-order chi connectivity index (χ1) is 15.2. The second-order valence-electron chi connectivity index (χ2n) is 8.37. The van der Waals surface area contributed by atoms with Crippen LogP contribution < -0.4 is 20.5 Å². The Bertz CT molecular complexity index is 1300. The van der Waals surface area contributed by atoms with Crippen molar-refractivity contribution in [3.63, 3.8) is 0 Å². The third kappa shape index (κ3) is 2.38. The van der Waals surface area contributed by atoms with E-state index in [1.165, 1.54) is 24.4 Å². The van der Waals surface area contributed by atoms with Gasteiger partial charge in [0.25, 0.3) is 11.5 Å². The number of amides is 1. The molecule has 0 saturated heterocycles. The normalized spacial score (nSPS) is 22.8. The van der Waals surface area contributed by atoms with E-state index in [1.807, 2.05) is 13.8 Å². The lowest BCUT2D eigenvalue weighted by Gasteiger charge is -2.34. The number of carbonyl (C=O) groups excluding carboxylic acids is 2. The Kier molecular flexibility index (Phi) is 4.09. The van der Waals surface area contributed by atoms with Crippen LogP contribution in [0, 0.1) is 5.21 Å². The third-order valence-corrected chi connectivity index (χ3v) is 6.20. The number of rotatable bonds is 3. The van der Waals surface area contributed by atoms with E-state index < -0.39 is 23.0 Å². The van der Waals surface area contributed by atoms with Gasteiger partial charge in [0, 0.05) is 28.9 Å². The maximum absolute atomic E-state index is 13.8. The fourth-order valence-corrected chi connectivity index (χ4v) is 4.62. The molecule has 0 saturated carbocycles. The molecule has 8 heteroatoms. The second kappa shape index (κ2) is 6.54. The zero-order chi connectivity index (χ0) is 22.8. The number of pyridine rings is 1. The highest BCUT2D eigenvalue weighted by atomic mass is 16.6. The topological polar surface area (TPSA) is 129 Å². The molecule has 1 aromatic heterocycles. The summed E-state index contributed by atoms with van der Waals surface area (Å²) in [6.07, 6.45) is 1.17. The van der Waals surface area contributed by atoms with Gasteiger partial charge in [0.15, 0.2) is 6.20 Å². The van der Waals surface area contributed by atoms with Crippen molar-refractivity contribution in [2.45, 2.75) is 31.1 Å². The van der Waals surface area contributed by atoms with Gasteiger partial charge >= 0.3 is 5.91 Å². The Morgan fingerprint density at radius 2 is 1.91 bits per heavy atom. The van der Waals surface area contributed by atoms with E-state index in [2.05, 4.69) is 5.32 Å². The molecule has 1 amide bonds. The lowest BCUT2D eigenvalue weighted by atomic mass is 9.81. The number of nitrogens with one attached hydrogen (secondary N) is 1. The number of Topliss-reactive ketones (excluding diaryl/α,β-unsaturated/α-hetero) is 1. The number of anilines is 1. The summed E-state index contributed by atoms with van der Waals surface area (Å²) in [5.74, 6) is -3.32. The molecular weight excluding hydrogens is 410 g/mol. The van der Waals surface area contributed by atoms with Gasteiger partial charge in [0.05, 0.1) is 5.56 Å². The van der Waals surface area contributed by atoms with E-state index in [1.54, 1.807) is 36.4 Å². The predicted molar refractivity (Wildman–Crippen MR) is 115 cm³/mol. The molecule has 1 aliphatic carbocycles. The first kappa shape index (κ1) is 20.0. The molecule has 3 aromatic rings. The van der Waals surface area contributed by atoms with Crippen molar-refractivity contribution >= 4 is 17.4 Å². The smallest absolute Gasteiger partial charge is 0.318 e. The number of hydrogen-bond acceptors (Lipinski definition) is 6. The van der Waals surface area contributed by atoms with Crippen LogP contribution >= 0.6 is 0 Å². The third-order valence-electron chi connectivity index (χ3n) is 6.20. The molecule has 2 unspecified atom stereocenters. The Morgan fingerprint density at radius 3 is 2.62 bits per heavy atom. The number of ether oxygens (including phenoxy) is 1. The fraction of sp³-hybridized carbons (Fsp3) is 0.208. The molecule has 2 aliphatic rings. The summed E-state index contributed by atoms with van der Waals surface area (Å²) in [4.78, 5) is 27.0. The number of nitrogens with two attached hydrogens (primary N) is 1. The number of carbonyl (C=O) groups is 2. The number of aromatic nitrogens is 1. The van der Waals surface area contributed by atoms with E-state index in [0.717, 1.165) is 5.56 Å². The van der Waals surface area contributed by atoms with Crippen molar-refractivity contribution in [1.29, 1.82) is 0 Å². The van der Waals surface area contributed by atoms with E-state index in [4.69, 9.17) is 10.5 Å². The minimum Gasteiger partial charge on any atom is -0.618 e. The summed E-state index contributed by atoms with van der Waals surface area (Å²) in [5, 5.41) is 26.7. The number of nitrogen functional groups attached to an aromatic ring is 1. The van der Waals surface area contributed by atoms with Crippen LogP contribution in [0.25, 0.3) is 0 Å². The lowest BCUT2D eigenvalue weighted by molar-refractivity contribution is -0.607. The van der Waals surface area contributed by atoms with Crippen LogP contribution in [-0.4, -0.2) is 16.8 Å². The molecule has 32 heavy (non-hydrogen) atoms. The Labute approximate surface area is 183 Å². The van der Waals surface area contributed by atoms with E-state index in [0.29, 0.717) is 4.73 Å². The molecule has 8 nitrogen and oxygen atoms in total. The van der Waals surface area contributed by atoms with Gasteiger partial charge in [-0.05, 0) is 29.7 Å². The molecule has 0 fully saturated rings. The van der Waals surface area contributed by atoms with Crippen molar-refractivity contribution in [3.05, 3.63) is 93.9 Å². The summed E-state index contributed by atoms with van der Waals surface area (Å²) < 4.78 is 6.40. The van der Waals surface area contributed by atoms with Gasteiger partial charge in [-0.2, -0.15) is 4.73 Å². The quantitative estimate of drug-likeness (QED) is 0.331. The van der Waals surface area contributed by atoms with Crippen LogP contribution in [0.4, 0.5) is 5.69 Å². The van der Waals surface area contributed by atoms with Crippen molar-refractivity contribution in [2.75, 3.05) is 5.73 Å². The largest absolute Gasteiger partial charge is 0.618 e. The van der Waals surface area contributed by atoms with Crippen LogP contribution in [0.3, 0.4) is 0 Å². The van der Waals surface area contributed by atoms with E-state index >= 15 is 0 Å². The zero-order valence-electron chi connectivity index (χ0n) is 17.5. The molecule has 5 rings (SSSR count). The molecule has 4 N–H and O–H groups in total. The van der Waals surface area contributed by atoms with Crippen molar-refractivity contribution < 1.29 is 24.2 Å². The molecular formula is C24H21N3O5. The summed E-state index contributed by atoms with van der Waals surface area (Å²) in [7, 11) is 0. The monoisotopic (exact) mass is 431 g/mol. The molecule has 0 bridgehead atoms. The highest BCUT2D eigenvalue weighted by Crippen LogP contribution is 2.60. The lowest BCUT2D eigenvalue weighted by Crippen LogP contribution is -2.61. The number of nitrogens with zero attached hydrogens (tertiary/aromatic N) is 1. The SMILES string of the molecule is CC(C)c1cc(N)c2c(c1)OC1(O)c3ccccc3C(=O)C21NC(=O)c1cccc[n+]1[O-]. The number of benzene rings is 2. The van der Waals surface area contributed by atoms with Gasteiger partial charge in [-0.1, -0.05) is 38.1 Å². The number of hydrogen-bond donors (Lipinski definition) is 3. The standard InChI is InChI=1S/C24H21N3O5/c1-13(2)14-11-17(25)20-19(12-14)32-24(30)16-8-4-3-7-15(16)21(28)23(20,24)26-22(29)18-9-5-6-10-27(18)31/h3-13,30H,25H2,1-2H3,(H,26,29). The van der Waals surface area contributed by atoms with E-state index in [9.17, 15) is 19.9 Å². The average molecular weight is 431 g/mol. The minimum atomic E-state index is -2.23. The van der Waals surface area contributed by atoms with Gasteiger partial charge in [0.1, 0.15) is 5.75 Å². The number of aliphatic hydroxyl groups is 1. The highest BCUT2D eigenvalue weighted by molar-refractivity contribution is 6.13. The first-order valence-electron chi connectivity index (χ1n) is 10.2. The first-order valence-corrected chi connectivity index (χ1v) is 10.2. The summed E-state index contributed by atoms with van der Waals surface area (Å²) in [6, 6.07) is 14.2. The molecule has 0 spiro atoms. The molecule has 2 aromatic carbocycles. The number of ketones is 1. The Balaban J connectivity index is 1.76. The van der Waals surface area contributed by atoms with Crippen molar-refractivity contribution in [3.8, 4) is 5.75 Å². The van der Waals surface area contributed by atoms with Crippen LogP contribution in [0.5, 0.6) is 5.75 Å². The second-order valence-corrected chi connectivity index (χ2v) is 8.37. The number of fused-ring (bicyclic) bond motifs is 5. The van der Waals surface area contributed by atoms with Crippen molar-refractivity contribution in [1.82, 2.24) is 5.32 Å². The summed E-state index contributed by atoms with van der Waals surface area (Å²) in [6.45, 7) is 3.96. The average Bonchev–Trinajstić information content (AvgIpc) is 3.11. The molecule has 2 heterocycles. The summed E-state index contributed by atoms with van der Waals surface area (Å²) in [5.41, 5.74) is 5.75. The van der Waals surface area contributed by atoms with Gasteiger partial charge < -0.3 is 26.1 Å². The maximum Gasteiger partial charge on any atom is 0.318 e. The van der Waals surface area contributed by atoms with Crippen LogP contribution in [-0.2, 0) is 11.3 Å². The maximum atomic E-state index is 13.8. The van der Waals surface area contributed by atoms with Crippen LogP contribution in [0.1, 0.15) is 57.3 Å². The van der Waals surface area contributed by atoms with Crippen LogP contribution in [0.2, 0.25) is 0 Å². The highest BCUT2D eigenvalue weighted by Gasteiger charge is 2.72. The van der Waals surface area contributed by atoms with E-state index in [-0.39, 0.29) is 39.7 Å². The summed E-state index contributed by atoms with van der Waals surface area (Å²) >= 11 is 0. The van der Waals surface area contributed by atoms with Gasteiger partial charge in [0.2, 0.25) is 11.3 Å². The van der Waals surface area contributed by atoms with Gasteiger partial charge in [-0.15, -0.1) is 0 Å². The van der Waals surface area contributed by atoms with Crippen molar-refractivity contribution in [2.24, 2.45) is 0 Å². The Morgan fingerprint density at radius 1 is 1.19 bits per heavy atom. The molecule has 162 valence electrons. The van der Waals surface area contributed by atoms with Crippen LogP contribution in [0.15, 0.2) is 60.8 Å². The molecule has 2 atom stereocenters. The minimum absolute atomic E-state index is 0.110. The Hall–Kier alpha value is -3.91. The molecule has 0 radical (unpaired) electrons. The fourth-order valence-electron chi connectivity index (χ4n) is 4.62.